The highest BCUT2D eigenvalue weighted by Crippen LogP contribution is 2.22. The molecule has 7 heteroatoms. The summed E-state index contributed by atoms with van der Waals surface area (Å²) in [6.45, 7) is 4.84. The highest BCUT2D eigenvalue weighted by molar-refractivity contribution is 7.17. The molecule has 0 radical (unpaired) electrons. The van der Waals surface area contributed by atoms with E-state index >= 15 is 0 Å². The van der Waals surface area contributed by atoms with E-state index in [9.17, 15) is 9.59 Å². The minimum absolute atomic E-state index is 0.0432. The Morgan fingerprint density at radius 1 is 1.21 bits per heavy atom. The van der Waals surface area contributed by atoms with Crippen molar-refractivity contribution in [2.75, 3.05) is 24.5 Å². The highest BCUT2D eigenvalue weighted by Gasteiger charge is 2.21. The first-order valence-electron chi connectivity index (χ1n) is 10.2. The lowest BCUT2D eigenvalue weighted by molar-refractivity contribution is -0.121. The quantitative estimate of drug-likeness (QED) is 0.649. The SMILES string of the molecule is CC(CNC(=O)CCn1c(N2CCCC2)nc2ccsc2c1=O)c1ccccc1. The van der Waals surface area contributed by atoms with Crippen LogP contribution < -0.4 is 15.8 Å². The van der Waals surface area contributed by atoms with E-state index in [0.29, 0.717) is 23.7 Å². The molecule has 1 saturated heterocycles. The molecule has 3 heterocycles. The molecule has 1 atom stereocenters. The number of benzene rings is 1. The number of carbonyl (C=O) groups is 1. The van der Waals surface area contributed by atoms with E-state index in [0.717, 1.165) is 31.4 Å². The fraction of sp³-hybridized carbons (Fsp3) is 0.409. The van der Waals surface area contributed by atoms with Crippen LogP contribution in [0.3, 0.4) is 0 Å². The van der Waals surface area contributed by atoms with Crippen LogP contribution in [0.2, 0.25) is 0 Å². The van der Waals surface area contributed by atoms with Crippen LogP contribution in [0.4, 0.5) is 5.95 Å². The van der Waals surface area contributed by atoms with Crippen LogP contribution in [0.5, 0.6) is 0 Å². The van der Waals surface area contributed by atoms with Gasteiger partial charge in [0, 0.05) is 32.6 Å². The van der Waals surface area contributed by atoms with Crippen LogP contribution in [0.15, 0.2) is 46.6 Å². The number of nitrogens with zero attached hydrogens (tertiary/aromatic N) is 3. The van der Waals surface area contributed by atoms with Crippen molar-refractivity contribution >= 4 is 33.4 Å². The Morgan fingerprint density at radius 3 is 2.72 bits per heavy atom. The van der Waals surface area contributed by atoms with Gasteiger partial charge in [-0.05, 0) is 35.8 Å². The van der Waals surface area contributed by atoms with Gasteiger partial charge in [-0.3, -0.25) is 14.2 Å². The van der Waals surface area contributed by atoms with E-state index in [4.69, 9.17) is 4.98 Å². The first-order valence-corrected chi connectivity index (χ1v) is 11.1. The molecule has 1 fully saturated rings. The van der Waals surface area contributed by atoms with Crippen molar-refractivity contribution in [3.8, 4) is 0 Å². The molecule has 1 aromatic carbocycles. The van der Waals surface area contributed by atoms with Crippen molar-refractivity contribution in [2.45, 2.75) is 38.6 Å². The number of anilines is 1. The second-order valence-corrected chi connectivity index (χ2v) is 8.48. The molecule has 0 aliphatic carbocycles. The Kier molecular flexibility index (Phi) is 5.94. The summed E-state index contributed by atoms with van der Waals surface area (Å²) >= 11 is 1.41. The van der Waals surface area contributed by atoms with Crippen LogP contribution in [0, 0.1) is 0 Å². The van der Waals surface area contributed by atoms with Gasteiger partial charge in [-0.25, -0.2) is 4.98 Å². The second kappa shape index (κ2) is 8.78. The molecular formula is C22H26N4O2S. The van der Waals surface area contributed by atoms with Crippen LogP contribution >= 0.6 is 11.3 Å². The van der Waals surface area contributed by atoms with E-state index < -0.39 is 0 Å². The summed E-state index contributed by atoms with van der Waals surface area (Å²) in [6.07, 6.45) is 2.48. The van der Waals surface area contributed by atoms with E-state index in [1.54, 1.807) is 4.57 Å². The maximum absolute atomic E-state index is 13.0. The Balaban J connectivity index is 1.44. The summed E-state index contributed by atoms with van der Waals surface area (Å²) in [6, 6.07) is 12.0. The molecule has 1 aliphatic rings. The molecule has 1 amide bonds. The predicted octanol–water partition coefficient (Wildman–Crippen LogP) is 3.37. The van der Waals surface area contributed by atoms with Crippen molar-refractivity contribution < 1.29 is 4.79 Å². The molecule has 0 spiro atoms. The molecule has 1 aliphatic heterocycles. The normalized spacial score (nSPS) is 15.0. The lowest BCUT2D eigenvalue weighted by Gasteiger charge is -2.21. The fourth-order valence-electron chi connectivity index (χ4n) is 3.76. The van der Waals surface area contributed by atoms with Gasteiger partial charge >= 0.3 is 0 Å². The number of hydrogen-bond donors (Lipinski definition) is 1. The summed E-state index contributed by atoms with van der Waals surface area (Å²) in [4.78, 5) is 32.4. The molecule has 2 aromatic heterocycles. The topological polar surface area (TPSA) is 67.2 Å². The lowest BCUT2D eigenvalue weighted by Crippen LogP contribution is -2.33. The number of nitrogens with one attached hydrogen (secondary N) is 1. The van der Waals surface area contributed by atoms with Gasteiger partial charge in [-0.2, -0.15) is 0 Å². The Hall–Kier alpha value is -2.67. The summed E-state index contributed by atoms with van der Waals surface area (Å²) < 4.78 is 2.34. The molecule has 29 heavy (non-hydrogen) atoms. The Morgan fingerprint density at radius 2 is 1.97 bits per heavy atom. The van der Waals surface area contributed by atoms with Gasteiger partial charge < -0.3 is 10.2 Å². The second-order valence-electron chi connectivity index (χ2n) is 7.56. The van der Waals surface area contributed by atoms with Crippen LogP contribution in [0.25, 0.3) is 10.2 Å². The van der Waals surface area contributed by atoms with Crippen molar-refractivity contribution in [1.29, 1.82) is 0 Å². The summed E-state index contributed by atoms with van der Waals surface area (Å²) in [7, 11) is 0. The first-order chi connectivity index (χ1) is 14.1. The third-order valence-corrected chi connectivity index (χ3v) is 6.36. The molecular weight excluding hydrogens is 384 g/mol. The number of rotatable bonds is 7. The van der Waals surface area contributed by atoms with E-state index in [-0.39, 0.29) is 23.8 Å². The summed E-state index contributed by atoms with van der Waals surface area (Å²) in [5, 5.41) is 4.90. The molecule has 152 valence electrons. The standard InChI is InChI=1S/C22H26N4O2S/c1-16(17-7-3-2-4-8-17)15-23-19(27)9-13-26-21(28)20-18(10-14-29-20)24-22(26)25-11-5-6-12-25/h2-4,7-8,10,14,16H,5-6,9,11-13,15H2,1H3,(H,23,27). The smallest absolute Gasteiger partial charge is 0.272 e. The van der Waals surface area contributed by atoms with Gasteiger partial charge in [0.1, 0.15) is 4.70 Å². The molecule has 6 nitrogen and oxygen atoms in total. The number of aromatic nitrogens is 2. The number of fused-ring (bicyclic) bond motifs is 1. The Labute approximate surface area is 174 Å². The van der Waals surface area contributed by atoms with Gasteiger partial charge in [0.25, 0.3) is 5.56 Å². The van der Waals surface area contributed by atoms with Crippen molar-refractivity contribution in [3.63, 3.8) is 0 Å². The van der Waals surface area contributed by atoms with Gasteiger partial charge in [0.2, 0.25) is 11.9 Å². The minimum Gasteiger partial charge on any atom is -0.355 e. The number of hydrogen-bond acceptors (Lipinski definition) is 5. The number of amides is 1. The molecule has 3 aromatic rings. The number of thiophene rings is 1. The van der Waals surface area contributed by atoms with Gasteiger partial charge in [-0.1, -0.05) is 37.3 Å². The van der Waals surface area contributed by atoms with Crippen molar-refractivity contribution in [2.24, 2.45) is 0 Å². The van der Waals surface area contributed by atoms with Crippen molar-refractivity contribution in [1.82, 2.24) is 14.9 Å². The summed E-state index contributed by atoms with van der Waals surface area (Å²) in [5.41, 5.74) is 1.91. The lowest BCUT2D eigenvalue weighted by atomic mass is 10.0. The van der Waals surface area contributed by atoms with Gasteiger partial charge in [-0.15, -0.1) is 11.3 Å². The van der Waals surface area contributed by atoms with E-state index in [2.05, 4.69) is 29.3 Å². The highest BCUT2D eigenvalue weighted by atomic mass is 32.1. The van der Waals surface area contributed by atoms with Crippen LogP contribution in [-0.2, 0) is 11.3 Å². The van der Waals surface area contributed by atoms with Crippen LogP contribution in [0.1, 0.15) is 37.7 Å². The van der Waals surface area contributed by atoms with Crippen LogP contribution in [-0.4, -0.2) is 35.1 Å². The number of carbonyl (C=O) groups excluding carboxylic acids is 1. The van der Waals surface area contributed by atoms with Gasteiger partial charge in [0.05, 0.1) is 5.52 Å². The molecule has 0 saturated carbocycles. The third kappa shape index (κ3) is 4.34. The largest absolute Gasteiger partial charge is 0.355 e. The third-order valence-electron chi connectivity index (χ3n) is 5.47. The van der Waals surface area contributed by atoms with Crippen molar-refractivity contribution in [3.05, 3.63) is 57.7 Å². The average molecular weight is 411 g/mol. The predicted molar refractivity (Wildman–Crippen MR) is 118 cm³/mol. The Bertz CT molecular complexity index is 1040. The maximum Gasteiger partial charge on any atom is 0.272 e. The zero-order valence-electron chi connectivity index (χ0n) is 16.6. The zero-order valence-corrected chi connectivity index (χ0v) is 17.5. The van der Waals surface area contributed by atoms with Gasteiger partial charge in [0.15, 0.2) is 0 Å². The monoisotopic (exact) mass is 410 g/mol. The molecule has 1 unspecified atom stereocenters. The summed E-state index contributed by atoms with van der Waals surface area (Å²) in [5.74, 6) is 0.898. The molecule has 4 rings (SSSR count). The first kappa shape index (κ1) is 19.6. The average Bonchev–Trinajstić information content (AvgIpc) is 3.43. The maximum atomic E-state index is 13.0. The zero-order chi connectivity index (χ0) is 20.2. The fourth-order valence-corrected chi connectivity index (χ4v) is 4.54. The van der Waals surface area contributed by atoms with E-state index in [1.807, 2.05) is 29.6 Å². The minimum atomic E-state index is -0.0441. The van der Waals surface area contributed by atoms with E-state index in [1.165, 1.54) is 16.9 Å². The molecule has 1 N–H and O–H groups in total. The molecule has 0 bridgehead atoms.